The average molecular weight is 471 g/mol. The molecule has 2 aliphatic rings. The minimum Gasteiger partial charge on any atom is -0.476 e. The summed E-state index contributed by atoms with van der Waals surface area (Å²) in [4.78, 5) is 10.5. The van der Waals surface area contributed by atoms with E-state index in [1.54, 1.807) is 18.2 Å². The van der Waals surface area contributed by atoms with Crippen LogP contribution in [0, 0.1) is 23.8 Å². The van der Waals surface area contributed by atoms with Crippen molar-refractivity contribution in [2.24, 2.45) is 5.92 Å². The lowest BCUT2D eigenvalue weighted by atomic mass is 9.71. The van der Waals surface area contributed by atoms with Gasteiger partial charge in [0.25, 0.3) is 6.04 Å². The van der Waals surface area contributed by atoms with Crippen molar-refractivity contribution < 1.29 is 9.84 Å². The summed E-state index contributed by atoms with van der Waals surface area (Å²) < 4.78 is 6.73. The monoisotopic (exact) mass is 470 g/mol. The Kier molecular flexibility index (Phi) is 5.34. The van der Waals surface area contributed by atoms with Crippen LogP contribution in [0.2, 0.25) is 5.02 Å². The third-order valence-corrected chi connectivity index (χ3v) is 7.24. The molecule has 0 amide bonds. The number of hydrogen-bond donors (Lipinski definition) is 1. The molecule has 1 aliphatic carbocycles. The van der Waals surface area contributed by atoms with Crippen LogP contribution in [0.1, 0.15) is 28.3 Å². The molecule has 0 spiro atoms. The molecular formula is C27H23ClN4O2. The molecule has 5 atom stereocenters. The topological polar surface area (TPSA) is 73.7 Å². The SMILES string of the molecule is [C-]#[N+]C1[C@H](CN(C)C)[C@@H](c2ccccc2)[C@]2(c3ccc(C#N)cc3)Oc3cc(Cl)cnc3[C@]12O. The number of benzene rings is 2. The summed E-state index contributed by atoms with van der Waals surface area (Å²) in [6.07, 6.45) is 1.48. The summed E-state index contributed by atoms with van der Waals surface area (Å²) in [6.45, 7) is 8.76. The van der Waals surface area contributed by atoms with E-state index in [9.17, 15) is 10.4 Å². The molecule has 5 rings (SSSR count). The van der Waals surface area contributed by atoms with Gasteiger partial charge in [-0.1, -0.05) is 54.1 Å². The van der Waals surface area contributed by atoms with E-state index in [1.165, 1.54) is 6.20 Å². The van der Waals surface area contributed by atoms with E-state index in [-0.39, 0.29) is 11.8 Å². The molecule has 1 aromatic heterocycles. The Labute approximate surface area is 203 Å². The fourth-order valence-corrected chi connectivity index (χ4v) is 6.02. The number of fused-ring (bicyclic) bond motifs is 3. The molecule has 7 heteroatoms. The molecule has 1 saturated carbocycles. The van der Waals surface area contributed by atoms with Crippen molar-refractivity contribution in [1.82, 2.24) is 9.88 Å². The second kappa shape index (κ2) is 8.11. The maximum Gasteiger partial charge on any atom is 0.266 e. The minimum absolute atomic E-state index is 0.263. The van der Waals surface area contributed by atoms with Gasteiger partial charge in [0.1, 0.15) is 11.4 Å². The van der Waals surface area contributed by atoms with Crippen LogP contribution in [-0.4, -0.2) is 41.7 Å². The fraction of sp³-hybridized carbons (Fsp3) is 0.296. The summed E-state index contributed by atoms with van der Waals surface area (Å²) in [6, 6.07) is 19.9. The molecule has 0 saturated heterocycles. The molecule has 3 aromatic rings. The minimum atomic E-state index is -1.73. The first-order chi connectivity index (χ1) is 16.4. The van der Waals surface area contributed by atoms with Crippen molar-refractivity contribution in [1.29, 1.82) is 5.26 Å². The predicted octanol–water partition coefficient (Wildman–Crippen LogP) is 4.35. The Balaban J connectivity index is 1.86. The Morgan fingerprint density at radius 1 is 1.21 bits per heavy atom. The largest absolute Gasteiger partial charge is 0.476 e. The van der Waals surface area contributed by atoms with E-state index < -0.39 is 17.2 Å². The van der Waals surface area contributed by atoms with Crippen molar-refractivity contribution in [2.45, 2.75) is 23.2 Å². The van der Waals surface area contributed by atoms with Crippen LogP contribution in [0.4, 0.5) is 0 Å². The highest BCUT2D eigenvalue weighted by atomic mass is 35.5. The molecule has 2 heterocycles. The normalized spacial score (nSPS) is 29.1. The lowest BCUT2D eigenvalue weighted by Gasteiger charge is -2.39. The highest BCUT2D eigenvalue weighted by Gasteiger charge is 2.80. The van der Waals surface area contributed by atoms with Gasteiger partial charge in [0.2, 0.25) is 5.60 Å². The average Bonchev–Trinajstić information content (AvgIpc) is 3.20. The van der Waals surface area contributed by atoms with E-state index in [0.29, 0.717) is 34.1 Å². The molecule has 170 valence electrons. The van der Waals surface area contributed by atoms with Crippen LogP contribution < -0.4 is 4.74 Å². The molecule has 34 heavy (non-hydrogen) atoms. The van der Waals surface area contributed by atoms with Gasteiger partial charge in [0.15, 0.2) is 5.60 Å². The van der Waals surface area contributed by atoms with Crippen LogP contribution in [0.25, 0.3) is 4.85 Å². The Morgan fingerprint density at radius 2 is 1.91 bits per heavy atom. The van der Waals surface area contributed by atoms with Crippen LogP contribution >= 0.6 is 11.6 Å². The number of nitriles is 1. The van der Waals surface area contributed by atoms with Crippen LogP contribution in [-0.2, 0) is 11.2 Å². The van der Waals surface area contributed by atoms with Gasteiger partial charge < -0.3 is 19.6 Å². The van der Waals surface area contributed by atoms with Gasteiger partial charge in [-0.2, -0.15) is 5.26 Å². The van der Waals surface area contributed by atoms with Gasteiger partial charge in [0.05, 0.1) is 22.6 Å². The molecule has 0 radical (unpaired) electrons. The Bertz CT molecular complexity index is 1320. The molecule has 1 fully saturated rings. The number of aromatic nitrogens is 1. The number of halogens is 1. The van der Waals surface area contributed by atoms with Crippen molar-refractivity contribution in [2.75, 3.05) is 20.6 Å². The quantitative estimate of drug-likeness (QED) is 0.574. The standard InChI is InChI=1S/C27H23ClN4O2/c1-30-24-21(16-32(2)3)23(18-7-5-4-6-8-18)27(19-11-9-17(14-29)10-12-19)26(24,33)25-22(34-27)13-20(28)15-31-25/h4-13,15,21,23-24,33H,16H2,2-3H3/t21-,23-,24?,26-,27+/m1/s1. The summed E-state index contributed by atoms with van der Waals surface area (Å²) in [5.41, 5.74) is -0.595. The second-order valence-corrected chi connectivity index (χ2v) is 9.62. The van der Waals surface area contributed by atoms with Gasteiger partial charge in [-0.15, -0.1) is 0 Å². The van der Waals surface area contributed by atoms with Crippen molar-refractivity contribution in [3.05, 3.63) is 106 Å². The fourth-order valence-electron chi connectivity index (χ4n) is 5.88. The van der Waals surface area contributed by atoms with Gasteiger partial charge in [-0.3, -0.25) is 4.98 Å². The highest BCUT2D eigenvalue weighted by molar-refractivity contribution is 6.30. The van der Waals surface area contributed by atoms with Gasteiger partial charge in [-0.05, 0) is 37.4 Å². The van der Waals surface area contributed by atoms with Gasteiger partial charge in [-0.25, -0.2) is 6.57 Å². The predicted molar refractivity (Wildman–Crippen MR) is 128 cm³/mol. The third kappa shape index (κ3) is 2.97. The zero-order valence-electron chi connectivity index (χ0n) is 18.8. The summed E-state index contributed by atoms with van der Waals surface area (Å²) in [5, 5.41) is 22.4. The first-order valence-electron chi connectivity index (χ1n) is 11.0. The maximum absolute atomic E-state index is 12.7. The summed E-state index contributed by atoms with van der Waals surface area (Å²) in [7, 11) is 3.92. The molecule has 1 aliphatic heterocycles. The van der Waals surface area contributed by atoms with Crippen molar-refractivity contribution >= 4 is 11.6 Å². The highest BCUT2D eigenvalue weighted by Crippen LogP contribution is 2.68. The first-order valence-corrected chi connectivity index (χ1v) is 11.4. The molecule has 2 aromatic carbocycles. The van der Waals surface area contributed by atoms with E-state index in [4.69, 9.17) is 22.9 Å². The lowest BCUT2D eigenvalue weighted by Crippen LogP contribution is -2.51. The van der Waals surface area contributed by atoms with Crippen molar-refractivity contribution in [3.63, 3.8) is 0 Å². The first kappa shape index (κ1) is 22.4. The number of pyridine rings is 1. The van der Waals surface area contributed by atoms with E-state index >= 15 is 0 Å². The summed E-state index contributed by atoms with van der Waals surface area (Å²) in [5.74, 6) is -0.264. The Hall–Kier alpha value is -3.42. The third-order valence-electron chi connectivity index (χ3n) is 7.03. The zero-order valence-corrected chi connectivity index (χ0v) is 19.6. The molecular weight excluding hydrogens is 448 g/mol. The van der Waals surface area contributed by atoms with Crippen LogP contribution in [0.15, 0.2) is 66.9 Å². The molecule has 0 bridgehead atoms. The van der Waals surface area contributed by atoms with Gasteiger partial charge in [0, 0.05) is 24.7 Å². The maximum atomic E-state index is 12.7. The van der Waals surface area contributed by atoms with Crippen LogP contribution in [0.5, 0.6) is 5.75 Å². The number of ether oxygens (including phenoxy) is 1. The van der Waals surface area contributed by atoms with E-state index in [2.05, 4.69) is 15.9 Å². The molecule has 1 unspecified atom stereocenters. The lowest BCUT2D eigenvalue weighted by molar-refractivity contribution is -0.109. The molecule has 6 nitrogen and oxygen atoms in total. The number of hydrogen-bond acceptors (Lipinski definition) is 5. The number of nitrogens with zero attached hydrogens (tertiary/aromatic N) is 4. The number of rotatable bonds is 4. The summed E-state index contributed by atoms with van der Waals surface area (Å²) >= 11 is 6.25. The Morgan fingerprint density at radius 3 is 2.53 bits per heavy atom. The van der Waals surface area contributed by atoms with Gasteiger partial charge >= 0.3 is 0 Å². The van der Waals surface area contributed by atoms with Crippen molar-refractivity contribution in [3.8, 4) is 11.8 Å². The zero-order chi connectivity index (χ0) is 24.1. The number of aliphatic hydroxyl groups is 1. The second-order valence-electron chi connectivity index (χ2n) is 9.18. The van der Waals surface area contributed by atoms with E-state index in [0.717, 1.165) is 5.56 Å². The smallest absolute Gasteiger partial charge is 0.266 e. The van der Waals surface area contributed by atoms with Crippen LogP contribution in [0.3, 0.4) is 0 Å². The molecule has 1 N–H and O–H groups in total. The van der Waals surface area contributed by atoms with E-state index in [1.807, 2.05) is 61.5 Å².